The van der Waals surface area contributed by atoms with Gasteiger partial charge in [-0.3, -0.25) is 14.5 Å². The van der Waals surface area contributed by atoms with Gasteiger partial charge < -0.3 is 10.6 Å². The summed E-state index contributed by atoms with van der Waals surface area (Å²) in [6, 6.07) is 4.87. The van der Waals surface area contributed by atoms with Crippen molar-refractivity contribution in [1.82, 2.24) is 15.5 Å². The Bertz CT molecular complexity index is 713. The second-order valence-corrected chi connectivity index (χ2v) is 7.48. The molecule has 0 spiro atoms. The molecule has 0 aromatic heterocycles. The highest BCUT2D eigenvalue weighted by molar-refractivity contribution is 6.09. The summed E-state index contributed by atoms with van der Waals surface area (Å²) < 4.78 is 13.1. The van der Waals surface area contributed by atoms with Gasteiger partial charge in [0.25, 0.3) is 5.91 Å². The van der Waals surface area contributed by atoms with Gasteiger partial charge in [-0.25, -0.2) is 9.18 Å². The minimum absolute atomic E-state index is 0.1000. The van der Waals surface area contributed by atoms with Gasteiger partial charge in [0.05, 0.1) is 0 Å². The number of nitrogens with one attached hydrogen (secondary N) is 2. The van der Waals surface area contributed by atoms with Crippen LogP contribution in [0.15, 0.2) is 24.3 Å². The van der Waals surface area contributed by atoms with Gasteiger partial charge in [0.15, 0.2) is 0 Å². The third-order valence-electron chi connectivity index (χ3n) is 5.38. The Hall–Kier alpha value is -2.44. The topological polar surface area (TPSA) is 78.5 Å². The standard InChI is InChI=1S/C19H24FN3O3/c1-12-3-9-15(10-4-12)21-16(24)11-23-17(25)19(2,22-18(23)26)13-5-7-14(20)8-6-13/h5-8,12,15H,3-4,9-11H2,1-2H3,(H,21,24)(H,22,26). The monoisotopic (exact) mass is 361 g/mol. The fourth-order valence-electron chi connectivity index (χ4n) is 3.64. The van der Waals surface area contributed by atoms with Crippen LogP contribution in [0.25, 0.3) is 0 Å². The average Bonchev–Trinajstić information content (AvgIpc) is 2.82. The highest BCUT2D eigenvalue weighted by Gasteiger charge is 2.49. The largest absolute Gasteiger partial charge is 0.352 e. The molecule has 1 aliphatic carbocycles. The molecule has 140 valence electrons. The van der Waals surface area contributed by atoms with E-state index in [1.807, 2.05) is 0 Å². The van der Waals surface area contributed by atoms with Gasteiger partial charge in [0.2, 0.25) is 5.91 Å². The maximum atomic E-state index is 13.1. The molecule has 2 N–H and O–H groups in total. The molecule has 3 rings (SSSR count). The molecule has 0 bridgehead atoms. The third-order valence-corrected chi connectivity index (χ3v) is 5.38. The molecule has 26 heavy (non-hydrogen) atoms. The molecule has 2 aliphatic rings. The zero-order chi connectivity index (χ0) is 18.9. The highest BCUT2D eigenvalue weighted by Crippen LogP contribution is 2.29. The zero-order valence-corrected chi connectivity index (χ0v) is 15.0. The fraction of sp³-hybridized carbons (Fsp3) is 0.526. The number of carbonyl (C=O) groups is 3. The lowest BCUT2D eigenvalue weighted by atomic mass is 9.87. The van der Waals surface area contributed by atoms with E-state index in [0.29, 0.717) is 11.5 Å². The Labute approximate surface area is 152 Å². The van der Waals surface area contributed by atoms with Crippen LogP contribution in [0.5, 0.6) is 0 Å². The van der Waals surface area contributed by atoms with E-state index in [1.165, 1.54) is 24.3 Å². The van der Waals surface area contributed by atoms with Gasteiger partial charge in [-0.05, 0) is 56.2 Å². The number of imide groups is 1. The maximum Gasteiger partial charge on any atom is 0.325 e. The molecule has 1 aromatic rings. The number of halogens is 1. The quantitative estimate of drug-likeness (QED) is 0.808. The van der Waals surface area contributed by atoms with Crippen molar-refractivity contribution in [2.24, 2.45) is 5.92 Å². The van der Waals surface area contributed by atoms with Gasteiger partial charge in [-0.1, -0.05) is 19.1 Å². The molecule has 1 saturated carbocycles. The summed E-state index contributed by atoms with van der Waals surface area (Å²) in [5, 5.41) is 5.54. The van der Waals surface area contributed by atoms with Gasteiger partial charge in [-0.15, -0.1) is 0 Å². The molecular weight excluding hydrogens is 337 g/mol. The van der Waals surface area contributed by atoms with E-state index in [2.05, 4.69) is 17.6 Å². The average molecular weight is 361 g/mol. The van der Waals surface area contributed by atoms with Gasteiger partial charge in [0.1, 0.15) is 17.9 Å². The first kappa shape index (κ1) is 18.4. The number of hydrogen-bond acceptors (Lipinski definition) is 3. The first-order valence-electron chi connectivity index (χ1n) is 8.99. The van der Waals surface area contributed by atoms with E-state index in [1.54, 1.807) is 6.92 Å². The fourth-order valence-corrected chi connectivity index (χ4v) is 3.64. The van der Waals surface area contributed by atoms with Crippen molar-refractivity contribution in [1.29, 1.82) is 0 Å². The molecular formula is C19H24FN3O3. The summed E-state index contributed by atoms with van der Waals surface area (Å²) in [5.41, 5.74) is -0.827. The first-order chi connectivity index (χ1) is 12.3. The summed E-state index contributed by atoms with van der Waals surface area (Å²) in [5.74, 6) is -0.601. The van der Waals surface area contributed by atoms with Crippen LogP contribution in [-0.4, -0.2) is 35.3 Å². The number of nitrogens with zero attached hydrogens (tertiary/aromatic N) is 1. The minimum atomic E-state index is -1.30. The normalized spacial score (nSPS) is 28.8. The Morgan fingerprint density at radius 1 is 1.23 bits per heavy atom. The lowest BCUT2D eigenvalue weighted by molar-refractivity contribution is -0.135. The predicted octanol–water partition coefficient (Wildman–Crippen LogP) is 2.29. The van der Waals surface area contributed by atoms with Crippen molar-refractivity contribution in [3.8, 4) is 0 Å². The summed E-state index contributed by atoms with van der Waals surface area (Å²) in [4.78, 5) is 38.2. The van der Waals surface area contributed by atoms with Crippen LogP contribution in [0.1, 0.15) is 45.1 Å². The molecule has 1 aliphatic heterocycles. The number of rotatable bonds is 4. The van der Waals surface area contributed by atoms with Crippen molar-refractivity contribution in [2.75, 3.05) is 6.54 Å². The smallest absolute Gasteiger partial charge is 0.325 e. The van der Waals surface area contributed by atoms with Crippen LogP contribution < -0.4 is 10.6 Å². The van der Waals surface area contributed by atoms with Crippen molar-refractivity contribution in [3.05, 3.63) is 35.6 Å². The number of amides is 4. The Morgan fingerprint density at radius 2 is 1.85 bits per heavy atom. The number of hydrogen-bond donors (Lipinski definition) is 2. The molecule has 4 amide bonds. The Morgan fingerprint density at radius 3 is 2.46 bits per heavy atom. The lowest BCUT2D eigenvalue weighted by Crippen LogP contribution is -2.46. The third kappa shape index (κ3) is 3.57. The molecule has 1 aromatic carbocycles. The highest BCUT2D eigenvalue weighted by atomic mass is 19.1. The van der Waals surface area contributed by atoms with Crippen LogP contribution in [-0.2, 0) is 15.1 Å². The van der Waals surface area contributed by atoms with Gasteiger partial charge in [0, 0.05) is 6.04 Å². The van der Waals surface area contributed by atoms with Crippen LogP contribution in [0.4, 0.5) is 9.18 Å². The lowest BCUT2D eigenvalue weighted by Gasteiger charge is -2.27. The molecule has 1 atom stereocenters. The summed E-state index contributed by atoms with van der Waals surface area (Å²) in [7, 11) is 0. The van der Waals surface area contributed by atoms with E-state index in [9.17, 15) is 18.8 Å². The summed E-state index contributed by atoms with van der Waals surface area (Å²) in [6.45, 7) is 3.44. The van der Waals surface area contributed by atoms with Crippen molar-refractivity contribution in [3.63, 3.8) is 0 Å². The zero-order valence-electron chi connectivity index (χ0n) is 15.0. The van der Waals surface area contributed by atoms with Crippen LogP contribution in [0.3, 0.4) is 0 Å². The van der Waals surface area contributed by atoms with Crippen molar-refractivity contribution >= 4 is 17.8 Å². The molecule has 1 saturated heterocycles. The van der Waals surface area contributed by atoms with Gasteiger partial charge in [-0.2, -0.15) is 0 Å². The number of carbonyl (C=O) groups excluding carboxylic acids is 3. The molecule has 6 nitrogen and oxygen atoms in total. The van der Waals surface area contributed by atoms with E-state index in [4.69, 9.17) is 0 Å². The number of urea groups is 1. The molecule has 2 fully saturated rings. The minimum Gasteiger partial charge on any atom is -0.352 e. The molecule has 1 heterocycles. The Kier molecular flexibility index (Phi) is 4.98. The van der Waals surface area contributed by atoms with Crippen molar-refractivity contribution in [2.45, 2.75) is 51.1 Å². The molecule has 1 unspecified atom stereocenters. The second-order valence-electron chi connectivity index (χ2n) is 7.48. The Balaban J connectivity index is 1.65. The van der Waals surface area contributed by atoms with Gasteiger partial charge >= 0.3 is 6.03 Å². The van der Waals surface area contributed by atoms with Crippen LogP contribution in [0, 0.1) is 11.7 Å². The number of benzene rings is 1. The van der Waals surface area contributed by atoms with Crippen LogP contribution >= 0.6 is 0 Å². The summed E-state index contributed by atoms with van der Waals surface area (Å²) >= 11 is 0. The SMILES string of the molecule is CC1CCC(NC(=O)CN2C(=O)NC(C)(c3ccc(F)cc3)C2=O)CC1. The maximum absolute atomic E-state index is 13.1. The van der Waals surface area contributed by atoms with Crippen LogP contribution in [0.2, 0.25) is 0 Å². The van der Waals surface area contributed by atoms with E-state index in [-0.39, 0.29) is 18.5 Å². The molecule has 0 radical (unpaired) electrons. The second kappa shape index (κ2) is 7.05. The van der Waals surface area contributed by atoms with E-state index >= 15 is 0 Å². The summed E-state index contributed by atoms with van der Waals surface area (Å²) in [6.07, 6.45) is 3.97. The molecule has 7 heteroatoms. The first-order valence-corrected chi connectivity index (χ1v) is 8.99. The van der Waals surface area contributed by atoms with E-state index < -0.39 is 23.3 Å². The van der Waals surface area contributed by atoms with E-state index in [0.717, 1.165) is 30.6 Å². The predicted molar refractivity (Wildman–Crippen MR) is 93.6 cm³/mol. The van der Waals surface area contributed by atoms with Crippen molar-refractivity contribution < 1.29 is 18.8 Å².